The Hall–Kier alpha value is -3.08. The first-order valence-corrected chi connectivity index (χ1v) is 12.0. The zero-order valence-corrected chi connectivity index (χ0v) is 21.0. The third kappa shape index (κ3) is 4.37. The Morgan fingerprint density at radius 2 is 1.49 bits per heavy atom. The van der Waals surface area contributed by atoms with E-state index in [1.807, 2.05) is 12.1 Å². The summed E-state index contributed by atoms with van der Waals surface area (Å²) in [6.45, 7) is 11.2. The van der Waals surface area contributed by atoms with Crippen LogP contribution in [0.25, 0.3) is 32.9 Å². The fraction of sp³-hybridized carbons (Fsp3) is 0.367. The van der Waals surface area contributed by atoms with Gasteiger partial charge < -0.3 is 4.74 Å². The molecular formula is C30H30F3NO. The molecule has 0 saturated heterocycles. The summed E-state index contributed by atoms with van der Waals surface area (Å²) in [7, 11) is 0. The fourth-order valence-corrected chi connectivity index (χ4v) is 4.98. The molecule has 0 fully saturated rings. The molecule has 0 N–H and O–H groups in total. The van der Waals surface area contributed by atoms with Gasteiger partial charge in [0.05, 0.1) is 10.9 Å². The highest BCUT2D eigenvalue weighted by Gasteiger charge is 2.47. The number of rotatable bonds is 3. The lowest BCUT2D eigenvalue weighted by Gasteiger charge is -2.28. The smallest absolute Gasteiger partial charge is 0.394 e. The molecule has 0 unspecified atom stereocenters. The number of benzene rings is 3. The van der Waals surface area contributed by atoms with Gasteiger partial charge in [-0.1, -0.05) is 52.8 Å². The molecule has 0 atom stereocenters. The van der Waals surface area contributed by atoms with Gasteiger partial charge in [0.1, 0.15) is 11.4 Å². The zero-order chi connectivity index (χ0) is 25.3. The quantitative estimate of drug-likeness (QED) is 0.258. The maximum atomic E-state index is 13.4. The minimum Gasteiger partial charge on any atom is -0.454 e. The molecule has 0 aliphatic carbocycles. The average Bonchev–Trinajstić information content (AvgIpc) is 2.69. The van der Waals surface area contributed by atoms with Gasteiger partial charge in [0.15, 0.2) is 5.75 Å². The molecule has 0 bridgehead atoms. The van der Waals surface area contributed by atoms with Crippen molar-refractivity contribution in [1.82, 2.24) is 4.98 Å². The van der Waals surface area contributed by atoms with E-state index in [2.05, 4.69) is 52.0 Å². The predicted octanol–water partition coefficient (Wildman–Crippen LogP) is 9.19. The van der Waals surface area contributed by atoms with E-state index in [4.69, 9.17) is 9.72 Å². The van der Waals surface area contributed by atoms with E-state index in [0.29, 0.717) is 11.3 Å². The van der Waals surface area contributed by atoms with Gasteiger partial charge >= 0.3 is 6.18 Å². The highest BCUT2D eigenvalue weighted by molar-refractivity contribution is 6.05. The second-order valence-corrected chi connectivity index (χ2v) is 11.8. The van der Waals surface area contributed by atoms with Crippen LogP contribution in [0.5, 0.6) is 11.5 Å². The minimum atomic E-state index is -4.27. The molecule has 0 saturated carbocycles. The lowest BCUT2D eigenvalue weighted by molar-refractivity contribution is -0.211. The summed E-state index contributed by atoms with van der Waals surface area (Å²) in [6, 6.07) is 15.9. The number of fused-ring (bicyclic) bond motifs is 3. The molecule has 5 rings (SSSR count). The van der Waals surface area contributed by atoms with Gasteiger partial charge in [0.25, 0.3) is 0 Å². The zero-order valence-electron chi connectivity index (χ0n) is 21.0. The molecule has 0 spiro atoms. The number of ether oxygens (including phenoxy) is 1. The largest absolute Gasteiger partial charge is 0.454 e. The van der Waals surface area contributed by atoms with Crippen molar-refractivity contribution in [3.8, 4) is 22.8 Å². The maximum Gasteiger partial charge on any atom is 0.394 e. The number of aromatic nitrogens is 1. The molecule has 1 aliphatic rings. The Kier molecular flexibility index (Phi) is 5.21. The minimum absolute atomic E-state index is 0.0954. The number of hydrogen-bond acceptors (Lipinski definition) is 2. The van der Waals surface area contributed by atoms with Crippen molar-refractivity contribution in [1.29, 1.82) is 0 Å². The van der Waals surface area contributed by atoms with Crippen molar-refractivity contribution in [3.05, 3.63) is 65.2 Å². The first-order valence-electron chi connectivity index (χ1n) is 12.0. The Morgan fingerprint density at radius 3 is 2.17 bits per heavy atom. The predicted molar refractivity (Wildman–Crippen MR) is 136 cm³/mol. The second-order valence-electron chi connectivity index (χ2n) is 11.8. The lowest BCUT2D eigenvalue weighted by atomic mass is 9.84. The topological polar surface area (TPSA) is 22.1 Å². The van der Waals surface area contributed by atoms with Crippen molar-refractivity contribution < 1.29 is 17.9 Å². The van der Waals surface area contributed by atoms with E-state index in [0.717, 1.165) is 50.7 Å². The molecule has 1 aromatic heterocycles. The van der Waals surface area contributed by atoms with Gasteiger partial charge in [-0.25, -0.2) is 4.98 Å². The van der Waals surface area contributed by atoms with E-state index >= 15 is 0 Å². The highest BCUT2D eigenvalue weighted by Crippen LogP contribution is 2.48. The van der Waals surface area contributed by atoms with Crippen LogP contribution in [-0.4, -0.2) is 11.2 Å². The van der Waals surface area contributed by atoms with E-state index in [1.165, 1.54) is 19.4 Å². The Balaban J connectivity index is 1.63. The Labute approximate surface area is 204 Å². The summed E-state index contributed by atoms with van der Waals surface area (Å²) in [4.78, 5) is 4.90. The standard InChI is InChI=1S/C30H30F3NO/c1-17-9-21-12-19(15-28(2,3)4)13-24-26(21)22(10-17)27-25(35-24)14-20-11-18(7-8-23(20)34-27)16-29(5,6)30(31,32)33/h7-14H,15-16H2,1-6H3. The maximum absolute atomic E-state index is 13.4. The van der Waals surface area contributed by atoms with Crippen LogP contribution in [0.1, 0.15) is 51.3 Å². The fourth-order valence-electron chi connectivity index (χ4n) is 4.98. The van der Waals surface area contributed by atoms with Gasteiger partial charge in [0, 0.05) is 16.3 Å². The molecule has 4 aromatic rings. The van der Waals surface area contributed by atoms with E-state index in [1.54, 1.807) is 12.1 Å². The van der Waals surface area contributed by atoms with Crippen molar-refractivity contribution in [2.45, 2.75) is 60.6 Å². The molecule has 2 nitrogen and oxygen atoms in total. The summed E-state index contributed by atoms with van der Waals surface area (Å²) in [5.41, 5.74) is 3.85. The normalized spacial score (nSPS) is 13.7. The van der Waals surface area contributed by atoms with E-state index in [-0.39, 0.29) is 11.8 Å². The number of aryl methyl sites for hydroxylation is 1. The second kappa shape index (κ2) is 7.71. The number of alkyl halides is 3. The monoisotopic (exact) mass is 477 g/mol. The molecule has 1 aliphatic heterocycles. The molecule has 2 heterocycles. The summed E-state index contributed by atoms with van der Waals surface area (Å²) in [5, 5.41) is 2.96. The summed E-state index contributed by atoms with van der Waals surface area (Å²) in [6.07, 6.45) is -3.45. The van der Waals surface area contributed by atoms with Crippen LogP contribution in [0, 0.1) is 17.8 Å². The molecule has 5 heteroatoms. The third-order valence-electron chi connectivity index (χ3n) is 6.68. The van der Waals surface area contributed by atoms with Gasteiger partial charge in [-0.15, -0.1) is 0 Å². The van der Waals surface area contributed by atoms with Gasteiger partial charge in [-0.2, -0.15) is 13.2 Å². The van der Waals surface area contributed by atoms with Gasteiger partial charge in [-0.3, -0.25) is 0 Å². The summed E-state index contributed by atoms with van der Waals surface area (Å²) < 4.78 is 46.7. The van der Waals surface area contributed by atoms with Crippen molar-refractivity contribution in [3.63, 3.8) is 0 Å². The van der Waals surface area contributed by atoms with Crippen LogP contribution in [-0.2, 0) is 12.8 Å². The van der Waals surface area contributed by atoms with Crippen LogP contribution in [0.2, 0.25) is 0 Å². The average molecular weight is 478 g/mol. The van der Waals surface area contributed by atoms with Crippen LogP contribution in [0.15, 0.2) is 48.5 Å². The Morgan fingerprint density at radius 1 is 0.771 bits per heavy atom. The van der Waals surface area contributed by atoms with Crippen LogP contribution in [0.3, 0.4) is 0 Å². The molecule has 0 radical (unpaired) electrons. The van der Waals surface area contributed by atoms with E-state index in [9.17, 15) is 13.2 Å². The van der Waals surface area contributed by atoms with Crippen molar-refractivity contribution in [2.75, 3.05) is 0 Å². The molecule has 3 aromatic carbocycles. The Bertz CT molecular complexity index is 1480. The van der Waals surface area contributed by atoms with Crippen LogP contribution in [0.4, 0.5) is 13.2 Å². The molecule has 182 valence electrons. The van der Waals surface area contributed by atoms with E-state index < -0.39 is 11.6 Å². The molecule has 35 heavy (non-hydrogen) atoms. The number of hydrogen-bond donors (Lipinski definition) is 0. The third-order valence-corrected chi connectivity index (χ3v) is 6.68. The first-order chi connectivity index (χ1) is 16.2. The first kappa shape index (κ1) is 23.7. The lowest BCUT2D eigenvalue weighted by Crippen LogP contribution is -2.34. The molecular weight excluding hydrogens is 447 g/mol. The summed E-state index contributed by atoms with van der Waals surface area (Å²) in [5.74, 6) is 1.44. The number of halogens is 3. The summed E-state index contributed by atoms with van der Waals surface area (Å²) >= 11 is 0. The van der Waals surface area contributed by atoms with Crippen LogP contribution < -0.4 is 4.74 Å². The number of nitrogens with zero attached hydrogens (tertiary/aromatic N) is 1. The van der Waals surface area contributed by atoms with Crippen LogP contribution >= 0.6 is 0 Å². The van der Waals surface area contributed by atoms with Gasteiger partial charge in [0.2, 0.25) is 0 Å². The van der Waals surface area contributed by atoms with Crippen molar-refractivity contribution >= 4 is 21.7 Å². The number of pyridine rings is 1. The van der Waals surface area contributed by atoms with Gasteiger partial charge in [-0.05, 0) is 77.6 Å². The highest BCUT2D eigenvalue weighted by atomic mass is 19.4. The SMILES string of the molecule is Cc1cc2c3c(cc(CC(C)(C)C)cc3c1)Oc1cc3cc(CC(C)(C)C(F)(F)F)ccc3nc1-2. The van der Waals surface area contributed by atoms with Crippen molar-refractivity contribution in [2.24, 2.45) is 10.8 Å². The molecule has 0 amide bonds.